The second-order valence-corrected chi connectivity index (χ2v) is 5.65. The van der Waals surface area contributed by atoms with Crippen LogP contribution >= 0.6 is 0 Å². The molecule has 1 saturated heterocycles. The maximum absolute atomic E-state index is 13.6. The minimum atomic E-state index is -0.566. The van der Waals surface area contributed by atoms with Crippen LogP contribution in [0.4, 0.5) is 4.39 Å². The van der Waals surface area contributed by atoms with Gasteiger partial charge in [0.2, 0.25) is 5.91 Å². The predicted molar refractivity (Wildman–Crippen MR) is 83.8 cm³/mol. The van der Waals surface area contributed by atoms with Gasteiger partial charge in [-0.1, -0.05) is 6.07 Å². The molecular weight excluding hydrogens is 301 g/mol. The number of halogens is 1. The van der Waals surface area contributed by atoms with Crippen molar-refractivity contribution in [3.8, 4) is 5.75 Å². The molecule has 0 aliphatic carbocycles. The summed E-state index contributed by atoms with van der Waals surface area (Å²) in [5.41, 5.74) is 0.666. The maximum Gasteiger partial charge on any atom is 0.249 e. The molecule has 1 N–H and O–H groups in total. The van der Waals surface area contributed by atoms with Crippen molar-refractivity contribution >= 4 is 5.91 Å². The summed E-state index contributed by atoms with van der Waals surface area (Å²) in [6, 6.07) is 4.60. The summed E-state index contributed by atoms with van der Waals surface area (Å²) in [6.45, 7) is 3.13. The Balaban J connectivity index is 1.73. The van der Waals surface area contributed by atoms with E-state index in [-0.39, 0.29) is 24.3 Å². The zero-order valence-corrected chi connectivity index (χ0v) is 13.6. The van der Waals surface area contributed by atoms with Crippen molar-refractivity contribution in [1.29, 1.82) is 0 Å². The van der Waals surface area contributed by atoms with Crippen molar-refractivity contribution in [3.05, 3.63) is 29.6 Å². The molecule has 2 atom stereocenters. The number of amides is 1. The fourth-order valence-corrected chi connectivity index (χ4v) is 2.42. The van der Waals surface area contributed by atoms with Crippen LogP contribution < -0.4 is 10.1 Å². The summed E-state index contributed by atoms with van der Waals surface area (Å²) in [4.78, 5) is 12.0. The average molecular weight is 325 g/mol. The number of carbonyl (C=O) groups excluding carboxylic acids is 1. The summed E-state index contributed by atoms with van der Waals surface area (Å²) >= 11 is 0. The normalized spacial score (nSPS) is 19.2. The number of methoxy groups -OCH3 is 1. The lowest BCUT2D eigenvalue weighted by Gasteiger charge is -2.23. The molecule has 0 saturated carbocycles. The largest absolute Gasteiger partial charge is 0.494 e. The molecule has 1 amide bonds. The lowest BCUT2D eigenvalue weighted by molar-refractivity contribution is -0.135. The molecule has 1 heterocycles. The molecule has 0 aromatic heterocycles. The minimum absolute atomic E-state index is 0.0784. The predicted octanol–water partition coefficient (Wildman–Crippen LogP) is 2.42. The Morgan fingerprint density at radius 1 is 1.48 bits per heavy atom. The van der Waals surface area contributed by atoms with Gasteiger partial charge in [-0.15, -0.1) is 0 Å². The summed E-state index contributed by atoms with van der Waals surface area (Å²) in [6.07, 6.45) is 2.71. The number of carbonyl (C=O) groups is 1. The van der Waals surface area contributed by atoms with Crippen molar-refractivity contribution in [3.63, 3.8) is 0 Å². The molecule has 1 aromatic carbocycles. The third-order valence-corrected chi connectivity index (χ3v) is 3.86. The maximum atomic E-state index is 13.6. The molecule has 23 heavy (non-hydrogen) atoms. The Hall–Kier alpha value is -1.66. The number of ether oxygens (including phenoxy) is 3. The Morgan fingerprint density at radius 2 is 2.30 bits per heavy atom. The highest BCUT2D eigenvalue weighted by molar-refractivity contribution is 5.80. The smallest absolute Gasteiger partial charge is 0.249 e. The number of benzene rings is 1. The SMILES string of the molecule is COc1ccc(CNC(=O)C(C)OCC2CCCCO2)cc1F. The third kappa shape index (κ3) is 5.48. The third-order valence-electron chi connectivity index (χ3n) is 3.86. The molecule has 2 unspecified atom stereocenters. The number of hydrogen-bond acceptors (Lipinski definition) is 4. The van der Waals surface area contributed by atoms with E-state index >= 15 is 0 Å². The van der Waals surface area contributed by atoms with E-state index in [9.17, 15) is 9.18 Å². The number of rotatable bonds is 7. The lowest BCUT2D eigenvalue weighted by Crippen LogP contribution is -2.36. The monoisotopic (exact) mass is 325 g/mol. The van der Waals surface area contributed by atoms with Gasteiger partial charge in [0.15, 0.2) is 11.6 Å². The van der Waals surface area contributed by atoms with Crippen LogP contribution in [0.15, 0.2) is 18.2 Å². The number of nitrogens with one attached hydrogen (secondary N) is 1. The molecule has 1 aromatic rings. The van der Waals surface area contributed by atoms with E-state index in [1.54, 1.807) is 13.0 Å². The van der Waals surface area contributed by atoms with Crippen molar-refractivity contribution in [1.82, 2.24) is 5.32 Å². The van der Waals surface area contributed by atoms with Crippen LogP contribution in [-0.2, 0) is 20.8 Å². The molecule has 1 aliphatic heterocycles. The molecule has 128 valence electrons. The van der Waals surface area contributed by atoms with E-state index in [4.69, 9.17) is 14.2 Å². The average Bonchev–Trinajstić information content (AvgIpc) is 2.58. The van der Waals surface area contributed by atoms with E-state index in [1.807, 2.05) is 0 Å². The molecule has 2 rings (SSSR count). The van der Waals surface area contributed by atoms with E-state index < -0.39 is 11.9 Å². The van der Waals surface area contributed by atoms with E-state index in [1.165, 1.54) is 19.2 Å². The first-order chi connectivity index (χ1) is 11.1. The Bertz CT molecular complexity index is 517. The zero-order valence-electron chi connectivity index (χ0n) is 13.6. The molecule has 1 fully saturated rings. The van der Waals surface area contributed by atoms with Crippen LogP contribution in [0.5, 0.6) is 5.75 Å². The van der Waals surface area contributed by atoms with Crippen LogP contribution in [0.1, 0.15) is 31.7 Å². The van der Waals surface area contributed by atoms with Gasteiger partial charge in [-0.05, 0) is 43.9 Å². The molecule has 5 nitrogen and oxygen atoms in total. The Labute approximate surface area is 136 Å². The summed E-state index contributed by atoms with van der Waals surface area (Å²) in [5, 5.41) is 2.74. The van der Waals surface area contributed by atoms with Crippen LogP contribution in [0, 0.1) is 5.82 Å². The molecule has 0 radical (unpaired) electrons. The van der Waals surface area contributed by atoms with Gasteiger partial charge in [0.1, 0.15) is 6.10 Å². The summed E-state index contributed by atoms with van der Waals surface area (Å²) in [7, 11) is 1.41. The van der Waals surface area contributed by atoms with Crippen molar-refractivity contribution < 1.29 is 23.4 Å². The summed E-state index contributed by atoms with van der Waals surface area (Å²) < 4.78 is 29.6. The van der Waals surface area contributed by atoms with Gasteiger partial charge in [0.05, 0.1) is 19.8 Å². The first kappa shape index (κ1) is 17.7. The zero-order chi connectivity index (χ0) is 16.7. The van der Waals surface area contributed by atoms with Crippen LogP contribution in [0.3, 0.4) is 0 Å². The minimum Gasteiger partial charge on any atom is -0.494 e. The fraction of sp³-hybridized carbons (Fsp3) is 0.588. The van der Waals surface area contributed by atoms with E-state index in [0.717, 1.165) is 25.9 Å². The van der Waals surface area contributed by atoms with Gasteiger partial charge < -0.3 is 19.5 Å². The molecular formula is C17H24FNO4. The van der Waals surface area contributed by atoms with Crippen molar-refractivity contribution in [2.24, 2.45) is 0 Å². The van der Waals surface area contributed by atoms with Gasteiger partial charge in [0.25, 0.3) is 0 Å². The second kappa shape index (κ2) is 8.84. The number of hydrogen-bond donors (Lipinski definition) is 1. The quantitative estimate of drug-likeness (QED) is 0.836. The van der Waals surface area contributed by atoms with Crippen LogP contribution in [0.25, 0.3) is 0 Å². The van der Waals surface area contributed by atoms with Gasteiger partial charge in [0, 0.05) is 13.2 Å². The molecule has 0 spiro atoms. The van der Waals surface area contributed by atoms with Gasteiger partial charge in [-0.2, -0.15) is 0 Å². The highest BCUT2D eigenvalue weighted by atomic mass is 19.1. The standard InChI is InChI=1S/C17H24FNO4/c1-12(23-11-14-5-3-4-8-22-14)17(20)19-10-13-6-7-16(21-2)15(18)9-13/h6-7,9,12,14H,3-5,8,10-11H2,1-2H3,(H,19,20). The Morgan fingerprint density at radius 3 is 2.96 bits per heavy atom. The lowest BCUT2D eigenvalue weighted by atomic mass is 10.1. The van der Waals surface area contributed by atoms with Gasteiger partial charge >= 0.3 is 0 Å². The fourth-order valence-electron chi connectivity index (χ4n) is 2.42. The van der Waals surface area contributed by atoms with Crippen LogP contribution in [0.2, 0.25) is 0 Å². The highest BCUT2D eigenvalue weighted by Crippen LogP contribution is 2.17. The van der Waals surface area contributed by atoms with Gasteiger partial charge in [-0.3, -0.25) is 4.79 Å². The first-order valence-corrected chi connectivity index (χ1v) is 7.93. The van der Waals surface area contributed by atoms with Gasteiger partial charge in [-0.25, -0.2) is 4.39 Å². The van der Waals surface area contributed by atoms with Crippen LogP contribution in [-0.4, -0.2) is 38.4 Å². The Kier molecular flexibility index (Phi) is 6.80. The van der Waals surface area contributed by atoms with Crippen molar-refractivity contribution in [2.45, 2.75) is 44.9 Å². The molecule has 6 heteroatoms. The topological polar surface area (TPSA) is 56.8 Å². The van der Waals surface area contributed by atoms with E-state index in [2.05, 4.69) is 5.32 Å². The van der Waals surface area contributed by atoms with Crippen molar-refractivity contribution in [2.75, 3.05) is 20.3 Å². The summed E-state index contributed by atoms with van der Waals surface area (Å²) in [5.74, 6) is -0.487. The highest BCUT2D eigenvalue weighted by Gasteiger charge is 2.18. The first-order valence-electron chi connectivity index (χ1n) is 7.93. The van der Waals surface area contributed by atoms with E-state index in [0.29, 0.717) is 12.2 Å². The second-order valence-electron chi connectivity index (χ2n) is 5.65. The molecule has 1 aliphatic rings. The molecule has 0 bridgehead atoms.